The molecule has 5 heteroatoms. The Kier molecular flexibility index (Phi) is 7.76. The van der Waals surface area contributed by atoms with Crippen LogP contribution in [0.3, 0.4) is 0 Å². The van der Waals surface area contributed by atoms with Gasteiger partial charge in [0, 0.05) is 0 Å². The molecule has 0 aromatic rings. The smallest absolute Gasteiger partial charge is 0.102 e. The molecule has 0 heterocycles. The largest absolute Gasteiger partial charge is 0.377 e. The fourth-order valence-electron chi connectivity index (χ4n) is 0.502. The van der Waals surface area contributed by atoms with Gasteiger partial charge in [0.05, 0.1) is 26.4 Å². The van der Waals surface area contributed by atoms with E-state index in [4.69, 9.17) is 21.1 Å². The summed E-state index contributed by atoms with van der Waals surface area (Å²) in [7, 11) is 0. The lowest BCUT2D eigenvalue weighted by molar-refractivity contribution is -0.00467. The molecule has 0 saturated heterocycles. The molecule has 0 bridgehead atoms. The molecule has 4 N–H and O–H groups in total. The van der Waals surface area contributed by atoms with E-state index in [2.05, 4.69) is 4.84 Å². The lowest BCUT2D eigenvalue weighted by atomic mass is 10.6. The van der Waals surface area contributed by atoms with Crippen LogP contribution in [0.4, 0.5) is 0 Å². The zero-order valence-electron chi connectivity index (χ0n) is 6.79. The van der Waals surface area contributed by atoms with Crippen molar-refractivity contribution < 1.29 is 14.3 Å². The minimum absolute atomic E-state index is 0.232. The Morgan fingerprint density at radius 1 is 1.18 bits per heavy atom. The summed E-state index contributed by atoms with van der Waals surface area (Å²) >= 11 is 0. The highest BCUT2D eigenvalue weighted by Crippen LogP contribution is 1.81. The number of rotatable bonds is 7. The minimum Gasteiger partial charge on any atom is -0.377 e. The Morgan fingerprint density at radius 2 is 1.82 bits per heavy atom. The Hall–Kier alpha value is -0.200. The van der Waals surface area contributed by atoms with Crippen molar-refractivity contribution in [1.82, 2.24) is 0 Å². The van der Waals surface area contributed by atoms with Gasteiger partial charge in [-0.1, -0.05) is 0 Å². The van der Waals surface area contributed by atoms with Gasteiger partial charge in [0.1, 0.15) is 6.23 Å². The minimum atomic E-state index is -0.232. The Bertz CT molecular complexity index is 80.2. The van der Waals surface area contributed by atoms with Crippen molar-refractivity contribution in [3.63, 3.8) is 0 Å². The van der Waals surface area contributed by atoms with Gasteiger partial charge < -0.3 is 20.0 Å². The number of hydrogen-bond donors (Lipinski definition) is 2. The second kappa shape index (κ2) is 7.90. The van der Waals surface area contributed by atoms with Crippen LogP contribution in [0.25, 0.3) is 0 Å². The fourth-order valence-corrected chi connectivity index (χ4v) is 0.502. The molecule has 11 heavy (non-hydrogen) atoms. The molecule has 0 aromatic heterocycles. The van der Waals surface area contributed by atoms with Gasteiger partial charge in [-0.2, -0.15) is 0 Å². The van der Waals surface area contributed by atoms with Crippen LogP contribution in [0.15, 0.2) is 0 Å². The Morgan fingerprint density at radius 3 is 2.36 bits per heavy atom. The van der Waals surface area contributed by atoms with E-state index in [1.807, 2.05) is 0 Å². The lowest BCUT2D eigenvalue weighted by Crippen LogP contribution is -2.22. The summed E-state index contributed by atoms with van der Waals surface area (Å²) in [6.45, 7) is 3.67. The molecule has 1 atom stereocenters. The van der Waals surface area contributed by atoms with Gasteiger partial charge in [0.15, 0.2) is 0 Å². The van der Waals surface area contributed by atoms with Crippen molar-refractivity contribution in [2.45, 2.75) is 13.2 Å². The topological polar surface area (TPSA) is 79.7 Å². The summed E-state index contributed by atoms with van der Waals surface area (Å²) in [5.74, 6) is 4.76. The summed E-state index contributed by atoms with van der Waals surface area (Å²) in [6, 6.07) is 0. The van der Waals surface area contributed by atoms with Crippen molar-refractivity contribution in [1.29, 1.82) is 0 Å². The molecule has 5 nitrogen and oxygen atoms in total. The first-order valence-electron chi connectivity index (χ1n) is 3.54. The standard InChI is InChI=1S/C6H16N2O3/c1-6(7)10-4-2-9-3-5-11-8/h6H,2-5,7-8H2,1H3/t6-/m0/s1. The quantitative estimate of drug-likeness (QED) is 0.293. The SMILES string of the molecule is C[C@@H](N)OCCOCCON. The van der Waals surface area contributed by atoms with Gasteiger partial charge in [-0.25, -0.2) is 5.90 Å². The molecule has 0 saturated carbocycles. The van der Waals surface area contributed by atoms with Crippen LogP contribution in [-0.4, -0.2) is 32.7 Å². The van der Waals surface area contributed by atoms with E-state index in [1.54, 1.807) is 6.92 Å². The van der Waals surface area contributed by atoms with E-state index < -0.39 is 0 Å². The van der Waals surface area contributed by atoms with Crippen LogP contribution in [0.2, 0.25) is 0 Å². The highest BCUT2D eigenvalue weighted by Gasteiger charge is 1.92. The third-order valence-corrected chi connectivity index (χ3v) is 0.954. The monoisotopic (exact) mass is 164 g/mol. The van der Waals surface area contributed by atoms with Crippen molar-refractivity contribution in [3.8, 4) is 0 Å². The maximum Gasteiger partial charge on any atom is 0.102 e. The fraction of sp³-hybridized carbons (Fsp3) is 1.00. The molecule has 0 aliphatic rings. The normalized spacial score (nSPS) is 13.4. The first-order valence-corrected chi connectivity index (χ1v) is 3.54. The molecule has 0 aliphatic carbocycles. The predicted molar refractivity (Wildman–Crippen MR) is 40.6 cm³/mol. The Balaban J connectivity index is 2.80. The molecule has 0 fully saturated rings. The molecule has 0 unspecified atom stereocenters. The first-order chi connectivity index (χ1) is 5.27. The van der Waals surface area contributed by atoms with Crippen molar-refractivity contribution in [2.24, 2.45) is 11.6 Å². The maximum absolute atomic E-state index is 5.31. The van der Waals surface area contributed by atoms with Crippen LogP contribution >= 0.6 is 0 Å². The number of ether oxygens (including phenoxy) is 2. The third-order valence-electron chi connectivity index (χ3n) is 0.954. The predicted octanol–water partition coefficient (Wildman–Crippen LogP) is -0.785. The molecular formula is C6H16N2O3. The molecule has 0 aromatic carbocycles. The van der Waals surface area contributed by atoms with Crippen LogP contribution in [0, 0.1) is 0 Å². The van der Waals surface area contributed by atoms with E-state index in [-0.39, 0.29) is 6.23 Å². The van der Waals surface area contributed by atoms with Gasteiger partial charge in [0.2, 0.25) is 0 Å². The zero-order chi connectivity index (χ0) is 8.53. The molecule has 0 aliphatic heterocycles. The summed E-state index contributed by atoms with van der Waals surface area (Å²) in [6.07, 6.45) is -0.232. The summed E-state index contributed by atoms with van der Waals surface area (Å²) in [5.41, 5.74) is 5.31. The van der Waals surface area contributed by atoms with Crippen molar-refractivity contribution in [2.75, 3.05) is 26.4 Å². The first kappa shape index (κ1) is 10.8. The van der Waals surface area contributed by atoms with E-state index in [1.165, 1.54) is 0 Å². The van der Waals surface area contributed by atoms with Gasteiger partial charge in [-0.05, 0) is 6.92 Å². The van der Waals surface area contributed by atoms with E-state index >= 15 is 0 Å². The highest BCUT2D eigenvalue weighted by molar-refractivity contribution is 4.34. The van der Waals surface area contributed by atoms with Crippen LogP contribution in [-0.2, 0) is 14.3 Å². The molecular weight excluding hydrogens is 148 g/mol. The van der Waals surface area contributed by atoms with Crippen molar-refractivity contribution >= 4 is 0 Å². The maximum atomic E-state index is 5.31. The van der Waals surface area contributed by atoms with Crippen LogP contribution in [0.1, 0.15) is 6.92 Å². The average Bonchev–Trinajstić information content (AvgIpc) is 1.96. The number of nitrogens with two attached hydrogens (primary N) is 2. The van der Waals surface area contributed by atoms with Gasteiger partial charge in [0.25, 0.3) is 0 Å². The van der Waals surface area contributed by atoms with Crippen LogP contribution in [0.5, 0.6) is 0 Å². The molecule has 68 valence electrons. The summed E-state index contributed by atoms with van der Waals surface area (Å²) in [5, 5.41) is 0. The average molecular weight is 164 g/mol. The van der Waals surface area contributed by atoms with E-state index in [9.17, 15) is 0 Å². The van der Waals surface area contributed by atoms with Crippen LogP contribution < -0.4 is 11.6 Å². The van der Waals surface area contributed by atoms with Gasteiger partial charge >= 0.3 is 0 Å². The number of hydrogen-bond acceptors (Lipinski definition) is 5. The molecule has 0 rings (SSSR count). The summed E-state index contributed by atoms with van der Waals surface area (Å²) in [4.78, 5) is 4.28. The highest BCUT2D eigenvalue weighted by atomic mass is 16.6. The summed E-state index contributed by atoms with van der Waals surface area (Å²) < 4.78 is 10.0. The molecule has 0 spiro atoms. The Labute approximate surface area is 66.5 Å². The molecule has 0 radical (unpaired) electrons. The van der Waals surface area contributed by atoms with Gasteiger partial charge in [-0.15, -0.1) is 0 Å². The molecule has 0 amide bonds. The second-order valence-corrected chi connectivity index (χ2v) is 2.06. The van der Waals surface area contributed by atoms with Gasteiger partial charge in [-0.3, -0.25) is 0 Å². The van der Waals surface area contributed by atoms with E-state index in [0.29, 0.717) is 26.4 Å². The third kappa shape index (κ3) is 9.80. The second-order valence-electron chi connectivity index (χ2n) is 2.06. The zero-order valence-corrected chi connectivity index (χ0v) is 6.79. The van der Waals surface area contributed by atoms with E-state index in [0.717, 1.165) is 0 Å². The lowest BCUT2D eigenvalue weighted by Gasteiger charge is -2.07. The van der Waals surface area contributed by atoms with Crippen molar-refractivity contribution in [3.05, 3.63) is 0 Å².